The minimum Gasteiger partial charge on any atom is -0.347 e. The van der Waals surface area contributed by atoms with Crippen molar-refractivity contribution in [3.05, 3.63) is 46.1 Å². The molecule has 27 heavy (non-hydrogen) atoms. The predicted molar refractivity (Wildman–Crippen MR) is 105 cm³/mol. The molecule has 0 bridgehead atoms. The molecule has 1 saturated carbocycles. The van der Waals surface area contributed by atoms with E-state index in [1.807, 2.05) is 37.5 Å². The number of rotatable bonds is 6. The molecule has 2 aromatic heterocycles. The molecule has 2 aromatic rings. The third kappa shape index (κ3) is 4.53. The maximum atomic E-state index is 12.1. The molecule has 0 radical (unpaired) electrons. The first-order chi connectivity index (χ1) is 13.1. The number of aromatic nitrogens is 4. The van der Waals surface area contributed by atoms with Crippen molar-refractivity contribution < 1.29 is 0 Å². The first-order valence-corrected chi connectivity index (χ1v) is 9.87. The summed E-state index contributed by atoms with van der Waals surface area (Å²) in [6.07, 6.45) is 8.45. The van der Waals surface area contributed by atoms with Gasteiger partial charge in [0.1, 0.15) is 0 Å². The van der Waals surface area contributed by atoms with E-state index in [0.29, 0.717) is 11.8 Å². The van der Waals surface area contributed by atoms with E-state index in [1.54, 1.807) is 10.7 Å². The van der Waals surface area contributed by atoms with Crippen LogP contribution in [0, 0.1) is 5.92 Å². The molecular weight excluding hydrogens is 340 g/mol. The van der Waals surface area contributed by atoms with Crippen LogP contribution in [0.25, 0.3) is 0 Å². The largest absolute Gasteiger partial charge is 0.347 e. The molecule has 144 valence electrons. The Morgan fingerprint density at radius 2 is 1.78 bits per heavy atom. The van der Waals surface area contributed by atoms with Gasteiger partial charge in [0.15, 0.2) is 0 Å². The van der Waals surface area contributed by atoms with Crippen molar-refractivity contribution in [3.63, 3.8) is 0 Å². The third-order valence-corrected chi connectivity index (χ3v) is 5.52. The van der Waals surface area contributed by atoms with Gasteiger partial charge < -0.3 is 4.90 Å². The molecule has 2 aliphatic rings. The zero-order valence-corrected chi connectivity index (χ0v) is 16.2. The van der Waals surface area contributed by atoms with Crippen LogP contribution in [-0.2, 0) is 13.1 Å². The van der Waals surface area contributed by atoms with E-state index in [4.69, 9.17) is 0 Å². The Morgan fingerprint density at radius 1 is 1.07 bits per heavy atom. The van der Waals surface area contributed by atoms with Crippen LogP contribution in [0.5, 0.6) is 0 Å². The van der Waals surface area contributed by atoms with Gasteiger partial charge in [-0.05, 0) is 50.8 Å². The molecular formula is C20H28N6O. The van der Waals surface area contributed by atoms with Crippen LogP contribution in [0.3, 0.4) is 0 Å². The lowest BCUT2D eigenvalue weighted by atomic mass is 9.96. The molecule has 0 aromatic carbocycles. The molecule has 1 aliphatic heterocycles. The summed E-state index contributed by atoms with van der Waals surface area (Å²) in [6.45, 7) is 3.71. The Bertz CT molecular complexity index is 819. The highest BCUT2D eigenvalue weighted by molar-refractivity contribution is 5.26. The summed E-state index contributed by atoms with van der Waals surface area (Å²) >= 11 is 0. The zero-order valence-electron chi connectivity index (χ0n) is 16.2. The number of hydrogen-bond donors (Lipinski definition) is 0. The van der Waals surface area contributed by atoms with Crippen LogP contribution < -0.4 is 10.5 Å². The van der Waals surface area contributed by atoms with Crippen LogP contribution in [0.1, 0.15) is 42.9 Å². The second-order valence-corrected chi connectivity index (χ2v) is 8.06. The summed E-state index contributed by atoms with van der Waals surface area (Å²) in [6, 6.07) is 3.59. The Morgan fingerprint density at radius 3 is 2.41 bits per heavy atom. The van der Waals surface area contributed by atoms with E-state index < -0.39 is 0 Å². The summed E-state index contributed by atoms with van der Waals surface area (Å²) in [4.78, 5) is 25.3. The van der Waals surface area contributed by atoms with Gasteiger partial charge in [0, 0.05) is 57.1 Å². The summed E-state index contributed by atoms with van der Waals surface area (Å²) in [5, 5.41) is 4.61. The molecule has 1 aliphatic carbocycles. The molecule has 3 heterocycles. The molecule has 0 amide bonds. The van der Waals surface area contributed by atoms with Gasteiger partial charge in [-0.3, -0.25) is 9.69 Å². The maximum absolute atomic E-state index is 12.1. The lowest BCUT2D eigenvalue weighted by Crippen LogP contribution is -2.36. The molecule has 2 fully saturated rings. The first-order valence-electron chi connectivity index (χ1n) is 9.87. The minimum atomic E-state index is 0.0277. The molecule has 0 spiro atoms. The average molecular weight is 368 g/mol. The van der Waals surface area contributed by atoms with Crippen LogP contribution in [0.4, 0.5) is 5.95 Å². The number of piperidine rings is 1. The summed E-state index contributed by atoms with van der Waals surface area (Å²) in [5.41, 5.74) is 2.27. The van der Waals surface area contributed by atoms with Crippen molar-refractivity contribution in [2.45, 2.75) is 44.7 Å². The van der Waals surface area contributed by atoms with Gasteiger partial charge in [-0.15, -0.1) is 0 Å². The van der Waals surface area contributed by atoms with Crippen molar-refractivity contribution in [2.75, 3.05) is 32.1 Å². The van der Waals surface area contributed by atoms with Crippen molar-refractivity contribution in [1.29, 1.82) is 0 Å². The van der Waals surface area contributed by atoms with E-state index in [2.05, 4.69) is 20.0 Å². The Labute approximate surface area is 160 Å². The van der Waals surface area contributed by atoms with E-state index in [-0.39, 0.29) is 5.56 Å². The summed E-state index contributed by atoms with van der Waals surface area (Å²) < 4.78 is 1.70. The molecule has 0 unspecified atom stereocenters. The predicted octanol–water partition coefficient (Wildman–Crippen LogP) is 1.89. The van der Waals surface area contributed by atoms with Gasteiger partial charge in [0.25, 0.3) is 5.56 Å². The van der Waals surface area contributed by atoms with Gasteiger partial charge in [-0.1, -0.05) is 0 Å². The molecule has 0 N–H and O–H groups in total. The van der Waals surface area contributed by atoms with Crippen LogP contribution >= 0.6 is 0 Å². The van der Waals surface area contributed by atoms with Gasteiger partial charge in [-0.25, -0.2) is 14.6 Å². The van der Waals surface area contributed by atoms with Gasteiger partial charge >= 0.3 is 0 Å². The van der Waals surface area contributed by atoms with Crippen molar-refractivity contribution >= 4 is 5.95 Å². The van der Waals surface area contributed by atoms with Crippen LogP contribution in [-0.4, -0.2) is 51.8 Å². The van der Waals surface area contributed by atoms with E-state index in [0.717, 1.165) is 56.2 Å². The Hall–Kier alpha value is -2.28. The van der Waals surface area contributed by atoms with E-state index >= 15 is 0 Å². The highest BCUT2D eigenvalue weighted by Crippen LogP contribution is 2.38. The maximum Gasteiger partial charge on any atom is 0.266 e. The fourth-order valence-electron chi connectivity index (χ4n) is 3.68. The average Bonchev–Trinajstić information content (AvgIpc) is 3.51. The lowest BCUT2D eigenvalue weighted by Gasteiger charge is -2.31. The Kier molecular flexibility index (Phi) is 5.20. The quantitative estimate of drug-likeness (QED) is 0.776. The van der Waals surface area contributed by atoms with Crippen molar-refractivity contribution in [1.82, 2.24) is 24.6 Å². The Balaban J connectivity index is 1.30. The smallest absolute Gasteiger partial charge is 0.266 e. The van der Waals surface area contributed by atoms with E-state index in [9.17, 15) is 4.79 Å². The highest BCUT2D eigenvalue weighted by Gasteiger charge is 2.26. The number of nitrogens with zero attached hydrogens (tertiary/aromatic N) is 6. The lowest BCUT2D eigenvalue weighted by molar-refractivity contribution is 0.163. The van der Waals surface area contributed by atoms with Crippen LogP contribution in [0.2, 0.25) is 0 Å². The SMILES string of the molecule is CN(C)c1ncc(CN2CCC(Cn3nc(C4CC4)ccc3=O)CC2)cn1. The van der Waals surface area contributed by atoms with Crippen LogP contribution in [0.15, 0.2) is 29.3 Å². The minimum absolute atomic E-state index is 0.0277. The van der Waals surface area contributed by atoms with Gasteiger partial charge in [0.2, 0.25) is 5.95 Å². The zero-order chi connectivity index (χ0) is 18.8. The number of anilines is 1. The number of hydrogen-bond acceptors (Lipinski definition) is 6. The highest BCUT2D eigenvalue weighted by atomic mass is 16.1. The second kappa shape index (κ2) is 7.76. The van der Waals surface area contributed by atoms with Gasteiger partial charge in [0.05, 0.1) is 5.69 Å². The fraction of sp³-hybridized carbons (Fsp3) is 0.600. The topological polar surface area (TPSA) is 67.2 Å². The first kappa shape index (κ1) is 18.1. The molecule has 7 heteroatoms. The van der Waals surface area contributed by atoms with Crippen molar-refractivity contribution in [3.8, 4) is 0 Å². The summed E-state index contributed by atoms with van der Waals surface area (Å²) in [5.74, 6) is 1.84. The third-order valence-electron chi connectivity index (χ3n) is 5.52. The fourth-order valence-corrected chi connectivity index (χ4v) is 3.68. The molecule has 4 rings (SSSR count). The summed E-state index contributed by atoms with van der Waals surface area (Å²) in [7, 11) is 3.89. The monoisotopic (exact) mass is 368 g/mol. The molecule has 7 nitrogen and oxygen atoms in total. The van der Waals surface area contributed by atoms with Crippen molar-refractivity contribution in [2.24, 2.45) is 5.92 Å². The van der Waals surface area contributed by atoms with E-state index in [1.165, 1.54) is 12.8 Å². The molecule has 0 atom stereocenters. The number of likely N-dealkylation sites (tertiary alicyclic amines) is 1. The molecule has 1 saturated heterocycles. The van der Waals surface area contributed by atoms with Gasteiger partial charge in [-0.2, -0.15) is 5.10 Å². The second-order valence-electron chi connectivity index (χ2n) is 8.06. The standard InChI is InChI=1S/C20H28N6O/c1-24(2)20-21-11-16(12-22-20)13-25-9-7-15(8-10-25)14-26-19(27)6-5-18(23-26)17-3-4-17/h5-6,11-12,15,17H,3-4,7-10,13-14H2,1-2H3. The normalized spacial score (nSPS) is 18.6.